The van der Waals surface area contributed by atoms with Gasteiger partial charge in [-0.3, -0.25) is 4.79 Å². The molecule has 19 heavy (non-hydrogen) atoms. The molecule has 0 aromatic rings. The first-order chi connectivity index (χ1) is 8.94. The summed E-state index contributed by atoms with van der Waals surface area (Å²) in [4.78, 5) is 24.8. The molecule has 0 fully saturated rings. The van der Waals surface area contributed by atoms with E-state index in [1.54, 1.807) is 0 Å². The van der Waals surface area contributed by atoms with Crippen LogP contribution in [0.5, 0.6) is 0 Å². The summed E-state index contributed by atoms with van der Waals surface area (Å²) in [7, 11) is 1.32. The summed E-state index contributed by atoms with van der Waals surface area (Å²) in [5.74, 6) is -0.675. The Labute approximate surface area is 115 Å². The summed E-state index contributed by atoms with van der Waals surface area (Å²) in [5, 5.41) is 5.82. The summed E-state index contributed by atoms with van der Waals surface area (Å²) in [5.41, 5.74) is 0. The number of rotatable bonds is 9. The van der Waals surface area contributed by atoms with E-state index in [4.69, 9.17) is 0 Å². The number of carbonyl (C=O) groups excluding carboxylic acids is 2. The fourth-order valence-electron chi connectivity index (χ4n) is 1.83. The lowest BCUT2D eigenvalue weighted by molar-refractivity contribution is -0.144. The van der Waals surface area contributed by atoms with Crippen LogP contribution in [0.15, 0.2) is 0 Å². The molecule has 0 saturated carbocycles. The van der Waals surface area contributed by atoms with E-state index in [0.717, 1.165) is 19.6 Å². The molecule has 0 aromatic carbocycles. The van der Waals surface area contributed by atoms with E-state index in [9.17, 15) is 9.59 Å². The van der Waals surface area contributed by atoms with Gasteiger partial charge in [-0.25, -0.2) is 4.79 Å². The fraction of sp³-hybridized carbons (Fsp3) is 0.846. The van der Waals surface area contributed by atoms with E-state index in [1.807, 2.05) is 0 Å². The predicted molar refractivity (Wildman–Crippen MR) is 74.9 cm³/mol. The largest absolute Gasteiger partial charge is 0.467 e. The molecule has 0 aromatic heterocycles. The van der Waals surface area contributed by atoms with Crippen molar-refractivity contribution in [2.24, 2.45) is 0 Å². The smallest absolute Gasteiger partial charge is 0.329 e. The van der Waals surface area contributed by atoms with E-state index < -0.39 is 12.0 Å². The van der Waals surface area contributed by atoms with E-state index in [1.165, 1.54) is 14.0 Å². The number of hydrogen-bond acceptors (Lipinski definition) is 5. The molecule has 0 heterocycles. The van der Waals surface area contributed by atoms with Gasteiger partial charge < -0.3 is 20.3 Å². The monoisotopic (exact) mass is 273 g/mol. The minimum absolute atomic E-state index is 0.237. The zero-order valence-electron chi connectivity index (χ0n) is 12.7. The topological polar surface area (TPSA) is 70.7 Å². The van der Waals surface area contributed by atoms with Crippen molar-refractivity contribution in [3.8, 4) is 0 Å². The molecule has 2 unspecified atom stereocenters. The van der Waals surface area contributed by atoms with Crippen molar-refractivity contribution in [2.45, 2.75) is 39.8 Å². The van der Waals surface area contributed by atoms with E-state index >= 15 is 0 Å². The molecule has 2 atom stereocenters. The molecule has 0 aliphatic carbocycles. The quantitative estimate of drug-likeness (QED) is 0.578. The number of esters is 1. The molecule has 6 nitrogen and oxygen atoms in total. The summed E-state index contributed by atoms with van der Waals surface area (Å²) in [6.45, 7) is 10.9. The number of ether oxygens (including phenoxy) is 1. The van der Waals surface area contributed by atoms with Gasteiger partial charge in [-0.05, 0) is 20.0 Å². The van der Waals surface area contributed by atoms with Gasteiger partial charge in [0.2, 0.25) is 5.91 Å². The maximum atomic E-state index is 11.5. The van der Waals surface area contributed by atoms with Crippen molar-refractivity contribution in [1.29, 1.82) is 0 Å². The number of hydrogen-bond donors (Lipinski definition) is 2. The van der Waals surface area contributed by atoms with Gasteiger partial charge in [0.1, 0.15) is 6.04 Å². The van der Waals surface area contributed by atoms with Crippen molar-refractivity contribution in [3.05, 3.63) is 0 Å². The van der Waals surface area contributed by atoms with Crippen molar-refractivity contribution in [3.63, 3.8) is 0 Å². The van der Waals surface area contributed by atoms with Crippen LogP contribution < -0.4 is 10.6 Å². The third kappa shape index (κ3) is 7.79. The molecule has 0 aliphatic heterocycles. The highest BCUT2D eigenvalue weighted by Crippen LogP contribution is 1.93. The second-order valence-electron chi connectivity index (χ2n) is 4.57. The van der Waals surface area contributed by atoms with Crippen LogP contribution in [0, 0.1) is 0 Å². The normalized spacial score (nSPS) is 14.0. The van der Waals surface area contributed by atoms with Crippen LogP contribution in [0.2, 0.25) is 0 Å². The number of amides is 1. The Morgan fingerprint density at radius 2 is 1.84 bits per heavy atom. The first kappa shape index (κ1) is 17.9. The lowest BCUT2D eigenvalue weighted by Gasteiger charge is -2.25. The van der Waals surface area contributed by atoms with Crippen LogP contribution in [-0.2, 0) is 14.3 Å². The summed E-state index contributed by atoms with van der Waals surface area (Å²) < 4.78 is 4.66. The highest BCUT2D eigenvalue weighted by Gasteiger charge is 2.20. The number of nitrogens with zero attached hydrogens (tertiary/aromatic N) is 1. The van der Waals surface area contributed by atoms with Crippen LogP contribution in [-0.4, -0.2) is 62.1 Å². The van der Waals surface area contributed by atoms with Gasteiger partial charge in [-0.15, -0.1) is 0 Å². The van der Waals surface area contributed by atoms with Crippen LogP contribution in [0.3, 0.4) is 0 Å². The zero-order valence-corrected chi connectivity index (χ0v) is 12.7. The van der Waals surface area contributed by atoms with Crippen LogP contribution in [0.1, 0.15) is 27.7 Å². The molecule has 0 radical (unpaired) electrons. The van der Waals surface area contributed by atoms with E-state index in [0.29, 0.717) is 6.54 Å². The first-order valence-corrected chi connectivity index (χ1v) is 6.75. The summed E-state index contributed by atoms with van der Waals surface area (Å²) >= 11 is 0. The Morgan fingerprint density at radius 1 is 1.26 bits per heavy atom. The summed E-state index contributed by atoms with van der Waals surface area (Å²) in [6, 6.07) is -0.400. The van der Waals surface area contributed by atoms with Crippen LogP contribution >= 0.6 is 0 Å². The maximum Gasteiger partial charge on any atom is 0.329 e. The van der Waals surface area contributed by atoms with Gasteiger partial charge in [-0.2, -0.15) is 0 Å². The number of likely N-dealkylation sites (N-methyl/N-ethyl adjacent to an activating group) is 1. The molecule has 6 heteroatoms. The van der Waals surface area contributed by atoms with Crippen molar-refractivity contribution < 1.29 is 14.3 Å². The second-order valence-corrected chi connectivity index (χ2v) is 4.57. The maximum absolute atomic E-state index is 11.5. The van der Waals surface area contributed by atoms with Gasteiger partial charge in [0.05, 0.1) is 7.11 Å². The van der Waals surface area contributed by atoms with Crippen LogP contribution in [0.25, 0.3) is 0 Å². The average molecular weight is 273 g/mol. The highest BCUT2D eigenvalue weighted by atomic mass is 16.5. The number of methoxy groups -OCH3 is 1. The first-order valence-electron chi connectivity index (χ1n) is 6.75. The predicted octanol–water partition coefficient (Wildman–Crippen LogP) is -0.0160. The molecular formula is C13H27N3O3. The molecule has 1 amide bonds. The molecular weight excluding hydrogens is 246 g/mol. The molecule has 0 bridgehead atoms. The molecule has 112 valence electrons. The van der Waals surface area contributed by atoms with Gasteiger partial charge >= 0.3 is 5.97 Å². The zero-order chi connectivity index (χ0) is 14.8. The Morgan fingerprint density at radius 3 is 2.26 bits per heavy atom. The minimum atomic E-state index is -0.637. The van der Waals surface area contributed by atoms with Crippen molar-refractivity contribution >= 4 is 11.9 Å². The van der Waals surface area contributed by atoms with Crippen LogP contribution in [0.4, 0.5) is 0 Å². The molecule has 0 spiro atoms. The van der Waals surface area contributed by atoms with Crippen molar-refractivity contribution in [1.82, 2.24) is 15.5 Å². The number of carbonyl (C=O) groups is 2. The molecule has 2 N–H and O–H groups in total. The average Bonchev–Trinajstić information content (AvgIpc) is 2.39. The van der Waals surface area contributed by atoms with Crippen molar-refractivity contribution in [2.75, 3.05) is 33.3 Å². The third-order valence-electron chi connectivity index (χ3n) is 2.96. The third-order valence-corrected chi connectivity index (χ3v) is 2.96. The second kappa shape index (κ2) is 9.75. The van der Waals surface area contributed by atoms with Gasteiger partial charge in [0.25, 0.3) is 0 Å². The molecule has 0 aliphatic rings. The van der Waals surface area contributed by atoms with Gasteiger partial charge in [0, 0.05) is 26.1 Å². The Bertz CT molecular complexity index is 280. The minimum Gasteiger partial charge on any atom is -0.467 e. The SMILES string of the molecule is CCN(CC)CC(C)NCC(NC(C)=O)C(=O)OC. The van der Waals surface area contributed by atoms with E-state index in [-0.39, 0.29) is 11.9 Å². The standard InChI is InChI=1S/C13H27N3O3/c1-6-16(7-2)9-10(3)14-8-12(13(18)19-5)15-11(4)17/h10,12,14H,6-9H2,1-5H3,(H,15,17). The lowest BCUT2D eigenvalue weighted by Crippen LogP contribution is -2.50. The summed E-state index contributed by atoms with van der Waals surface area (Å²) in [6.07, 6.45) is 0. The van der Waals surface area contributed by atoms with Gasteiger partial charge in [-0.1, -0.05) is 13.8 Å². The number of nitrogens with one attached hydrogen (secondary N) is 2. The Kier molecular flexibility index (Phi) is 9.16. The molecule has 0 saturated heterocycles. The fourth-order valence-corrected chi connectivity index (χ4v) is 1.83. The highest BCUT2D eigenvalue weighted by molar-refractivity contribution is 5.83. The Balaban J connectivity index is 4.22. The molecule has 0 rings (SSSR count). The van der Waals surface area contributed by atoms with E-state index in [2.05, 4.69) is 41.0 Å². The lowest BCUT2D eigenvalue weighted by atomic mass is 10.2. The Hall–Kier alpha value is -1.14. The van der Waals surface area contributed by atoms with Gasteiger partial charge in [0.15, 0.2) is 0 Å².